The fourth-order valence-electron chi connectivity index (χ4n) is 2.29. The Balaban J connectivity index is 1.47. The van der Waals surface area contributed by atoms with E-state index in [0.717, 1.165) is 35.0 Å². The molecule has 0 saturated carbocycles. The number of nitrogens with zero attached hydrogens (tertiary/aromatic N) is 1. The van der Waals surface area contributed by atoms with Gasteiger partial charge in [0.15, 0.2) is 4.34 Å². The highest BCUT2D eigenvalue weighted by molar-refractivity contribution is 8.01. The quantitative estimate of drug-likeness (QED) is 0.810. The number of carbonyl (C=O) groups is 1. The first kappa shape index (κ1) is 16.4. The summed E-state index contributed by atoms with van der Waals surface area (Å²) >= 11 is 2.90. The van der Waals surface area contributed by atoms with Gasteiger partial charge >= 0.3 is 0 Å². The number of nitrogens with one attached hydrogen (secondary N) is 1. The second-order valence-corrected chi connectivity index (χ2v) is 7.31. The van der Waals surface area contributed by atoms with Crippen LogP contribution in [0.2, 0.25) is 0 Å². The highest BCUT2D eigenvalue weighted by Gasteiger charge is 2.16. The van der Waals surface area contributed by atoms with Crippen molar-refractivity contribution in [3.8, 4) is 11.3 Å². The Morgan fingerprint density at radius 1 is 1.43 bits per heavy atom. The molecule has 2 aromatic rings. The summed E-state index contributed by atoms with van der Waals surface area (Å²) in [6.45, 7) is 1.37. The van der Waals surface area contributed by atoms with Crippen molar-refractivity contribution in [1.29, 1.82) is 0 Å². The summed E-state index contributed by atoms with van der Waals surface area (Å²) < 4.78 is 19.2. The molecule has 1 fully saturated rings. The average Bonchev–Trinajstić information content (AvgIpc) is 3.23. The number of thioether (sulfide) groups is 1. The standard InChI is InChI=1S/C16H17FN2O2S2/c17-12-5-3-11(4-6-12)14-9-22-16(19-14)23-10-15(20)18-8-13-2-1-7-21-13/h3-6,9,13H,1-2,7-8,10H2,(H,18,20)/t13-/m1/s1. The molecule has 3 rings (SSSR count). The van der Waals surface area contributed by atoms with Crippen LogP contribution in [0.1, 0.15) is 12.8 Å². The van der Waals surface area contributed by atoms with Gasteiger partial charge in [-0.25, -0.2) is 9.37 Å². The van der Waals surface area contributed by atoms with Crippen LogP contribution in [0.25, 0.3) is 11.3 Å². The zero-order chi connectivity index (χ0) is 16.1. The smallest absolute Gasteiger partial charge is 0.230 e. The van der Waals surface area contributed by atoms with Crippen LogP contribution in [0.5, 0.6) is 0 Å². The Bertz CT molecular complexity index is 654. The minimum absolute atomic E-state index is 0.0102. The molecule has 7 heteroatoms. The van der Waals surface area contributed by atoms with Gasteiger partial charge in [0.05, 0.1) is 17.6 Å². The van der Waals surface area contributed by atoms with E-state index in [0.29, 0.717) is 12.3 Å². The van der Waals surface area contributed by atoms with Gasteiger partial charge in [-0.2, -0.15) is 0 Å². The maximum absolute atomic E-state index is 12.9. The molecule has 1 aliphatic rings. The topological polar surface area (TPSA) is 51.2 Å². The van der Waals surface area contributed by atoms with Gasteiger partial charge in [-0.1, -0.05) is 11.8 Å². The molecule has 4 nitrogen and oxygen atoms in total. The molecule has 1 N–H and O–H groups in total. The average molecular weight is 352 g/mol. The third kappa shape index (κ3) is 4.76. The predicted molar refractivity (Wildman–Crippen MR) is 90.2 cm³/mol. The van der Waals surface area contributed by atoms with E-state index in [1.54, 1.807) is 12.1 Å². The van der Waals surface area contributed by atoms with Crippen molar-refractivity contribution in [1.82, 2.24) is 10.3 Å². The van der Waals surface area contributed by atoms with E-state index in [9.17, 15) is 9.18 Å². The number of ether oxygens (including phenoxy) is 1. The third-order valence-electron chi connectivity index (χ3n) is 3.50. The first-order chi connectivity index (χ1) is 11.2. The van der Waals surface area contributed by atoms with Crippen LogP contribution in [0.15, 0.2) is 34.0 Å². The Morgan fingerprint density at radius 3 is 3.00 bits per heavy atom. The van der Waals surface area contributed by atoms with E-state index in [1.807, 2.05) is 5.38 Å². The summed E-state index contributed by atoms with van der Waals surface area (Å²) in [5.41, 5.74) is 1.68. The summed E-state index contributed by atoms with van der Waals surface area (Å²) in [5, 5.41) is 4.81. The van der Waals surface area contributed by atoms with E-state index in [4.69, 9.17) is 4.74 Å². The lowest BCUT2D eigenvalue weighted by atomic mass is 10.2. The van der Waals surface area contributed by atoms with Crippen LogP contribution in [0.4, 0.5) is 4.39 Å². The van der Waals surface area contributed by atoms with E-state index >= 15 is 0 Å². The van der Waals surface area contributed by atoms with Crippen molar-refractivity contribution in [3.05, 3.63) is 35.5 Å². The molecule has 0 unspecified atom stereocenters. The molecule has 0 radical (unpaired) electrons. The van der Waals surface area contributed by atoms with Crippen molar-refractivity contribution in [2.45, 2.75) is 23.3 Å². The van der Waals surface area contributed by atoms with Gasteiger partial charge in [-0.3, -0.25) is 4.79 Å². The van der Waals surface area contributed by atoms with Crippen molar-refractivity contribution in [2.24, 2.45) is 0 Å². The number of rotatable bonds is 6. The molecule has 1 aliphatic heterocycles. The monoisotopic (exact) mass is 352 g/mol. The highest BCUT2D eigenvalue weighted by Crippen LogP contribution is 2.28. The van der Waals surface area contributed by atoms with E-state index < -0.39 is 0 Å². The number of hydrogen-bond acceptors (Lipinski definition) is 5. The third-order valence-corrected chi connectivity index (χ3v) is 5.52. The van der Waals surface area contributed by atoms with Crippen LogP contribution >= 0.6 is 23.1 Å². The number of thiazole rings is 1. The fourth-order valence-corrected chi connectivity index (χ4v) is 3.95. The molecule has 1 saturated heterocycles. The Kier molecular flexibility index (Phi) is 5.64. The number of aromatic nitrogens is 1. The second-order valence-electron chi connectivity index (χ2n) is 5.23. The van der Waals surface area contributed by atoms with Crippen molar-refractivity contribution in [3.63, 3.8) is 0 Å². The number of halogens is 1. The molecule has 1 atom stereocenters. The SMILES string of the molecule is O=C(CSc1nc(-c2ccc(F)cc2)cs1)NC[C@H]1CCCO1. The Labute approximate surface area is 142 Å². The van der Waals surface area contributed by atoms with Crippen LogP contribution in [0.3, 0.4) is 0 Å². The molecular formula is C16H17FN2O2S2. The zero-order valence-corrected chi connectivity index (χ0v) is 14.1. The molecule has 1 aromatic heterocycles. The molecule has 1 aromatic carbocycles. The molecule has 1 amide bonds. The maximum atomic E-state index is 12.9. The number of carbonyl (C=O) groups excluding carboxylic acids is 1. The summed E-state index contributed by atoms with van der Waals surface area (Å²) in [6.07, 6.45) is 2.25. The summed E-state index contributed by atoms with van der Waals surface area (Å²) in [7, 11) is 0. The maximum Gasteiger partial charge on any atom is 0.230 e. The lowest BCUT2D eigenvalue weighted by molar-refractivity contribution is -0.119. The van der Waals surface area contributed by atoms with Gasteiger partial charge in [0, 0.05) is 24.1 Å². The highest BCUT2D eigenvalue weighted by atomic mass is 32.2. The first-order valence-corrected chi connectivity index (χ1v) is 9.30. The van der Waals surface area contributed by atoms with E-state index in [2.05, 4.69) is 10.3 Å². The number of amides is 1. The van der Waals surface area contributed by atoms with Gasteiger partial charge < -0.3 is 10.1 Å². The molecule has 2 heterocycles. The summed E-state index contributed by atoms with van der Waals surface area (Å²) in [5.74, 6) is 0.0637. The molecule has 0 aliphatic carbocycles. The largest absolute Gasteiger partial charge is 0.376 e. The Hall–Kier alpha value is -1.44. The number of hydrogen-bond donors (Lipinski definition) is 1. The van der Waals surface area contributed by atoms with Crippen LogP contribution < -0.4 is 5.32 Å². The van der Waals surface area contributed by atoms with Gasteiger partial charge in [0.25, 0.3) is 0 Å². The van der Waals surface area contributed by atoms with Gasteiger partial charge in [0.1, 0.15) is 5.82 Å². The summed E-state index contributed by atoms with van der Waals surface area (Å²) in [4.78, 5) is 16.3. The lowest BCUT2D eigenvalue weighted by Gasteiger charge is -2.10. The molecule has 0 spiro atoms. The minimum Gasteiger partial charge on any atom is -0.376 e. The van der Waals surface area contributed by atoms with Crippen LogP contribution in [-0.2, 0) is 9.53 Å². The molecular weight excluding hydrogens is 335 g/mol. The molecule has 23 heavy (non-hydrogen) atoms. The normalized spacial score (nSPS) is 17.3. The van der Waals surface area contributed by atoms with Crippen LogP contribution in [-0.4, -0.2) is 35.9 Å². The van der Waals surface area contributed by atoms with Gasteiger partial charge in [-0.15, -0.1) is 11.3 Å². The number of benzene rings is 1. The van der Waals surface area contributed by atoms with Crippen LogP contribution in [0, 0.1) is 5.82 Å². The minimum atomic E-state index is -0.263. The second kappa shape index (κ2) is 7.90. The fraction of sp³-hybridized carbons (Fsp3) is 0.375. The van der Waals surface area contributed by atoms with Crippen molar-refractivity contribution >= 4 is 29.0 Å². The predicted octanol–water partition coefficient (Wildman–Crippen LogP) is 3.34. The van der Waals surface area contributed by atoms with Crippen molar-refractivity contribution < 1.29 is 13.9 Å². The molecule has 122 valence electrons. The van der Waals surface area contributed by atoms with Gasteiger partial charge in [-0.05, 0) is 37.1 Å². The lowest BCUT2D eigenvalue weighted by Crippen LogP contribution is -2.32. The van der Waals surface area contributed by atoms with E-state index in [1.165, 1.54) is 35.2 Å². The summed E-state index contributed by atoms with van der Waals surface area (Å²) in [6, 6.07) is 6.24. The van der Waals surface area contributed by atoms with Gasteiger partial charge in [0.2, 0.25) is 5.91 Å². The first-order valence-electron chi connectivity index (χ1n) is 7.43. The molecule has 0 bridgehead atoms. The Morgan fingerprint density at radius 2 is 2.26 bits per heavy atom. The van der Waals surface area contributed by atoms with Crippen molar-refractivity contribution in [2.75, 3.05) is 18.9 Å². The van der Waals surface area contributed by atoms with E-state index in [-0.39, 0.29) is 17.8 Å². The zero-order valence-electron chi connectivity index (χ0n) is 12.5.